The van der Waals surface area contributed by atoms with E-state index < -0.39 is 0 Å². The fraction of sp³-hybridized carbons (Fsp3) is 1.00. The summed E-state index contributed by atoms with van der Waals surface area (Å²) >= 11 is 0. The van der Waals surface area contributed by atoms with Crippen LogP contribution in [0.4, 0.5) is 0 Å². The van der Waals surface area contributed by atoms with Crippen LogP contribution in [0.3, 0.4) is 0 Å². The fourth-order valence-electron chi connectivity index (χ4n) is 2.15. The monoisotopic (exact) mass is 214 g/mol. The molecule has 0 aliphatic carbocycles. The van der Waals surface area contributed by atoms with Crippen molar-refractivity contribution in [1.29, 1.82) is 0 Å². The highest BCUT2D eigenvalue weighted by Crippen LogP contribution is 2.23. The van der Waals surface area contributed by atoms with Crippen molar-refractivity contribution >= 4 is 0 Å². The second-order valence-corrected chi connectivity index (χ2v) is 4.95. The van der Waals surface area contributed by atoms with Crippen molar-refractivity contribution in [3.63, 3.8) is 0 Å². The van der Waals surface area contributed by atoms with E-state index in [0.29, 0.717) is 6.04 Å². The Morgan fingerprint density at radius 3 is 2.47 bits per heavy atom. The zero-order chi connectivity index (χ0) is 11.3. The second kappa shape index (κ2) is 6.46. The number of likely N-dealkylation sites (tertiary alicyclic amines) is 1. The van der Waals surface area contributed by atoms with Crippen LogP contribution in [0.25, 0.3) is 0 Å². The normalized spacial score (nSPS) is 29.6. The molecule has 0 radical (unpaired) electrons. The van der Waals surface area contributed by atoms with Crippen molar-refractivity contribution in [2.45, 2.75) is 26.8 Å². The van der Waals surface area contributed by atoms with E-state index >= 15 is 0 Å². The Morgan fingerprint density at radius 1 is 1.33 bits per heavy atom. The highest BCUT2D eigenvalue weighted by Gasteiger charge is 2.28. The van der Waals surface area contributed by atoms with Crippen LogP contribution in [0.5, 0.6) is 0 Å². The van der Waals surface area contributed by atoms with Crippen LogP contribution < -0.4 is 5.32 Å². The molecule has 0 aromatic heterocycles. The highest BCUT2D eigenvalue weighted by molar-refractivity contribution is 4.82. The van der Waals surface area contributed by atoms with Gasteiger partial charge in [-0.25, -0.2) is 0 Å². The van der Waals surface area contributed by atoms with Crippen LogP contribution in [0.2, 0.25) is 0 Å². The maximum Gasteiger partial charge on any atom is 0.0587 e. The van der Waals surface area contributed by atoms with Gasteiger partial charge >= 0.3 is 0 Å². The molecule has 0 spiro atoms. The van der Waals surface area contributed by atoms with Crippen LogP contribution in [-0.4, -0.2) is 50.8 Å². The lowest BCUT2D eigenvalue weighted by atomic mass is 10.0. The molecule has 0 aromatic rings. The van der Waals surface area contributed by atoms with Crippen molar-refractivity contribution in [1.82, 2.24) is 10.2 Å². The first-order valence-electron chi connectivity index (χ1n) is 6.08. The molecule has 1 aliphatic rings. The summed E-state index contributed by atoms with van der Waals surface area (Å²) in [6, 6.07) is 0.647. The van der Waals surface area contributed by atoms with E-state index in [0.717, 1.165) is 31.5 Å². The first kappa shape index (κ1) is 12.9. The summed E-state index contributed by atoms with van der Waals surface area (Å²) in [5, 5.41) is 3.43. The lowest BCUT2D eigenvalue weighted by Crippen LogP contribution is -2.40. The summed E-state index contributed by atoms with van der Waals surface area (Å²) in [7, 11) is 1.74. The van der Waals surface area contributed by atoms with E-state index in [9.17, 15) is 0 Å². The lowest BCUT2D eigenvalue weighted by Gasteiger charge is -2.24. The van der Waals surface area contributed by atoms with Crippen LogP contribution >= 0.6 is 0 Å². The average molecular weight is 214 g/mol. The van der Waals surface area contributed by atoms with Crippen LogP contribution in [0, 0.1) is 11.8 Å². The highest BCUT2D eigenvalue weighted by atomic mass is 16.5. The summed E-state index contributed by atoms with van der Waals surface area (Å²) in [5.41, 5.74) is 0. The molecule has 3 heteroatoms. The number of nitrogens with one attached hydrogen (secondary N) is 1. The van der Waals surface area contributed by atoms with Gasteiger partial charge in [-0.2, -0.15) is 0 Å². The summed E-state index contributed by atoms with van der Waals surface area (Å²) in [5.74, 6) is 1.71. The quantitative estimate of drug-likeness (QED) is 0.672. The van der Waals surface area contributed by atoms with Crippen LogP contribution in [-0.2, 0) is 4.74 Å². The minimum Gasteiger partial charge on any atom is -0.383 e. The molecule has 0 bridgehead atoms. The Morgan fingerprint density at radius 2 is 1.93 bits per heavy atom. The Hall–Kier alpha value is -0.120. The maximum atomic E-state index is 5.01. The summed E-state index contributed by atoms with van der Waals surface area (Å²) < 4.78 is 5.01. The third kappa shape index (κ3) is 4.09. The zero-order valence-corrected chi connectivity index (χ0v) is 10.6. The SMILES string of the molecule is COCCNCC(C)N1CC(C)C(C)C1. The Labute approximate surface area is 94.2 Å². The second-order valence-electron chi connectivity index (χ2n) is 4.95. The van der Waals surface area contributed by atoms with Crippen molar-refractivity contribution < 1.29 is 4.74 Å². The maximum absolute atomic E-state index is 5.01. The topological polar surface area (TPSA) is 24.5 Å². The molecule has 0 amide bonds. The Bertz CT molecular complexity index is 165. The third-order valence-corrected chi connectivity index (χ3v) is 3.56. The molecule has 3 unspecified atom stereocenters. The van der Waals surface area contributed by atoms with Gasteiger partial charge in [-0.3, -0.25) is 4.90 Å². The number of hydrogen-bond acceptors (Lipinski definition) is 3. The van der Waals surface area contributed by atoms with Crippen molar-refractivity contribution in [3.8, 4) is 0 Å². The molecular weight excluding hydrogens is 188 g/mol. The number of nitrogens with zero attached hydrogens (tertiary/aromatic N) is 1. The molecule has 0 saturated carbocycles. The summed E-state index contributed by atoms with van der Waals surface area (Å²) in [6.45, 7) is 12.4. The molecule has 15 heavy (non-hydrogen) atoms. The first-order valence-corrected chi connectivity index (χ1v) is 6.08. The molecule has 3 atom stereocenters. The molecule has 1 fully saturated rings. The largest absolute Gasteiger partial charge is 0.383 e. The van der Waals surface area contributed by atoms with Gasteiger partial charge in [-0.15, -0.1) is 0 Å². The molecule has 0 aromatic carbocycles. The number of hydrogen-bond donors (Lipinski definition) is 1. The minimum atomic E-state index is 0.647. The van der Waals surface area contributed by atoms with E-state index in [-0.39, 0.29) is 0 Å². The van der Waals surface area contributed by atoms with Crippen molar-refractivity contribution in [2.75, 3.05) is 39.9 Å². The van der Waals surface area contributed by atoms with Gasteiger partial charge in [-0.1, -0.05) is 13.8 Å². The van der Waals surface area contributed by atoms with E-state index in [1.807, 2.05) is 0 Å². The minimum absolute atomic E-state index is 0.647. The van der Waals surface area contributed by atoms with E-state index in [1.165, 1.54) is 13.1 Å². The van der Waals surface area contributed by atoms with Gasteiger partial charge in [0.25, 0.3) is 0 Å². The van der Waals surface area contributed by atoms with Crippen molar-refractivity contribution in [3.05, 3.63) is 0 Å². The smallest absolute Gasteiger partial charge is 0.0587 e. The zero-order valence-electron chi connectivity index (χ0n) is 10.6. The van der Waals surface area contributed by atoms with Crippen molar-refractivity contribution in [2.24, 2.45) is 11.8 Å². The molecule has 1 saturated heterocycles. The Kier molecular flexibility index (Phi) is 5.58. The molecule has 1 rings (SSSR count). The summed E-state index contributed by atoms with van der Waals surface area (Å²) in [6.07, 6.45) is 0. The molecule has 90 valence electrons. The van der Waals surface area contributed by atoms with Gasteiger partial charge < -0.3 is 10.1 Å². The van der Waals surface area contributed by atoms with Gasteiger partial charge in [-0.05, 0) is 18.8 Å². The van der Waals surface area contributed by atoms with E-state index in [1.54, 1.807) is 7.11 Å². The molecular formula is C12H26N2O. The lowest BCUT2D eigenvalue weighted by molar-refractivity contribution is 0.191. The van der Waals surface area contributed by atoms with Gasteiger partial charge in [0, 0.05) is 39.3 Å². The van der Waals surface area contributed by atoms with Crippen LogP contribution in [0.1, 0.15) is 20.8 Å². The van der Waals surface area contributed by atoms with Gasteiger partial charge in [0.05, 0.1) is 6.61 Å². The number of ether oxygens (including phenoxy) is 1. The first-order chi connectivity index (χ1) is 7.15. The van der Waals surface area contributed by atoms with Gasteiger partial charge in [0.2, 0.25) is 0 Å². The predicted octanol–water partition coefficient (Wildman–Crippen LogP) is 1.20. The Balaban J connectivity index is 2.14. The fourth-order valence-corrected chi connectivity index (χ4v) is 2.15. The van der Waals surface area contributed by atoms with Gasteiger partial charge in [0.1, 0.15) is 0 Å². The molecule has 1 aliphatic heterocycles. The van der Waals surface area contributed by atoms with E-state index in [2.05, 4.69) is 31.0 Å². The van der Waals surface area contributed by atoms with Gasteiger partial charge in [0.15, 0.2) is 0 Å². The predicted molar refractivity (Wildman–Crippen MR) is 64.1 cm³/mol. The molecule has 1 N–H and O–H groups in total. The number of rotatable bonds is 6. The molecule has 3 nitrogen and oxygen atoms in total. The van der Waals surface area contributed by atoms with Crippen LogP contribution in [0.15, 0.2) is 0 Å². The number of methoxy groups -OCH3 is 1. The van der Waals surface area contributed by atoms with E-state index in [4.69, 9.17) is 4.74 Å². The molecule has 1 heterocycles. The summed E-state index contributed by atoms with van der Waals surface area (Å²) in [4.78, 5) is 2.59. The standard InChI is InChI=1S/C12H26N2O/c1-10-8-14(9-11(10)2)12(3)7-13-5-6-15-4/h10-13H,5-9H2,1-4H3. The third-order valence-electron chi connectivity index (χ3n) is 3.56. The average Bonchev–Trinajstić information content (AvgIpc) is 2.54.